The fourth-order valence-corrected chi connectivity index (χ4v) is 3.95. The number of hydrogen-bond donors (Lipinski definition) is 2. The largest absolute Gasteiger partial charge is 0.480 e. The predicted octanol–water partition coefficient (Wildman–Crippen LogP) is 2.62. The van der Waals surface area contributed by atoms with Crippen LogP contribution in [-0.2, 0) is 14.6 Å². The first-order chi connectivity index (χ1) is 9.91. The molecule has 0 radical (unpaired) electrons. The van der Waals surface area contributed by atoms with Gasteiger partial charge in [-0.3, -0.25) is 4.79 Å². The maximum Gasteiger partial charge on any atom is 0.322 e. The molecule has 0 heterocycles. The molecule has 21 heavy (non-hydrogen) atoms. The first-order valence-electron chi connectivity index (χ1n) is 5.96. The Kier molecular flexibility index (Phi) is 4.84. The molecule has 0 aliphatic heterocycles. The van der Waals surface area contributed by atoms with Gasteiger partial charge >= 0.3 is 5.97 Å². The fourth-order valence-electron chi connectivity index (χ4n) is 1.76. The zero-order valence-corrected chi connectivity index (χ0v) is 13.8. The molecule has 2 rings (SSSR count). The Bertz CT molecular complexity index is 760. The van der Waals surface area contributed by atoms with Gasteiger partial charge < -0.3 is 10.4 Å². The standard InChI is InChI=1S/C14H12INO4S/c15-10-6-7-12(16-9-14(17)18)13(8-10)21(19,20)11-4-2-1-3-5-11/h1-8,16H,9H2,(H,17,18). The summed E-state index contributed by atoms with van der Waals surface area (Å²) in [4.78, 5) is 10.9. The highest BCUT2D eigenvalue weighted by molar-refractivity contribution is 14.1. The van der Waals surface area contributed by atoms with Gasteiger partial charge in [0.1, 0.15) is 6.54 Å². The number of carboxylic acid groups (broad SMARTS) is 1. The van der Waals surface area contributed by atoms with Crippen molar-refractivity contribution >= 4 is 44.1 Å². The maximum atomic E-state index is 12.7. The van der Waals surface area contributed by atoms with Crippen molar-refractivity contribution in [3.05, 3.63) is 52.1 Å². The summed E-state index contributed by atoms with van der Waals surface area (Å²) >= 11 is 2.01. The molecule has 0 saturated heterocycles. The Hall–Kier alpha value is -1.61. The van der Waals surface area contributed by atoms with E-state index in [4.69, 9.17) is 5.11 Å². The van der Waals surface area contributed by atoms with Crippen molar-refractivity contribution < 1.29 is 18.3 Å². The van der Waals surface area contributed by atoms with Crippen LogP contribution in [0.3, 0.4) is 0 Å². The van der Waals surface area contributed by atoms with Crippen LogP contribution < -0.4 is 5.32 Å². The molecule has 0 atom stereocenters. The summed E-state index contributed by atoms with van der Waals surface area (Å²) < 4.78 is 26.1. The van der Waals surface area contributed by atoms with Crippen LogP contribution in [0, 0.1) is 3.57 Å². The number of hydrogen-bond acceptors (Lipinski definition) is 4. The van der Waals surface area contributed by atoms with E-state index in [9.17, 15) is 13.2 Å². The number of benzene rings is 2. The van der Waals surface area contributed by atoms with Gasteiger partial charge in [0.25, 0.3) is 0 Å². The Balaban J connectivity index is 2.51. The van der Waals surface area contributed by atoms with Gasteiger partial charge in [-0.05, 0) is 52.9 Å². The van der Waals surface area contributed by atoms with Crippen molar-refractivity contribution in [1.29, 1.82) is 0 Å². The topological polar surface area (TPSA) is 83.5 Å². The lowest BCUT2D eigenvalue weighted by Gasteiger charge is -2.12. The van der Waals surface area contributed by atoms with Gasteiger partial charge in [-0.15, -0.1) is 0 Å². The molecule has 0 saturated carbocycles. The van der Waals surface area contributed by atoms with E-state index in [-0.39, 0.29) is 22.0 Å². The van der Waals surface area contributed by atoms with Crippen molar-refractivity contribution in [3.8, 4) is 0 Å². The quantitative estimate of drug-likeness (QED) is 0.731. The maximum absolute atomic E-state index is 12.7. The van der Waals surface area contributed by atoms with E-state index in [1.165, 1.54) is 18.2 Å². The van der Waals surface area contributed by atoms with Crippen molar-refractivity contribution in [2.75, 3.05) is 11.9 Å². The number of carboxylic acids is 1. The molecule has 7 heteroatoms. The number of sulfone groups is 1. The van der Waals surface area contributed by atoms with E-state index in [1.807, 2.05) is 22.6 Å². The summed E-state index contributed by atoms with van der Waals surface area (Å²) in [6.07, 6.45) is 0. The van der Waals surface area contributed by atoms with Crippen LogP contribution in [-0.4, -0.2) is 26.0 Å². The van der Waals surface area contributed by atoms with Gasteiger partial charge in [0.05, 0.1) is 15.5 Å². The SMILES string of the molecule is O=C(O)CNc1ccc(I)cc1S(=O)(=O)c1ccccc1. The second-order valence-corrected chi connectivity index (χ2v) is 7.37. The zero-order chi connectivity index (χ0) is 15.5. The van der Waals surface area contributed by atoms with E-state index in [2.05, 4.69) is 5.32 Å². The van der Waals surface area contributed by atoms with Gasteiger partial charge in [-0.2, -0.15) is 0 Å². The number of nitrogens with one attached hydrogen (secondary N) is 1. The van der Waals surface area contributed by atoms with Crippen molar-refractivity contribution in [3.63, 3.8) is 0 Å². The Morgan fingerprint density at radius 1 is 1.14 bits per heavy atom. The molecule has 5 nitrogen and oxygen atoms in total. The fraction of sp³-hybridized carbons (Fsp3) is 0.0714. The summed E-state index contributed by atoms with van der Waals surface area (Å²) in [5.74, 6) is -1.06. The highest BCUT2D eigenvalue weighted by Gasteiger charge is 2.21. The lowest BCUT2D eigenvalue weighted by molar-refractivity contribution is -0.134. The Morgan fingerprint density at radius 3 is 2.43 bits per heavy atom. The molecule has 0 aliphatic rings. The van der Waals surface area contributed by atoms with Crippen molar-refractivity contribution in [2.24, 2.45) is 0 Å². The van der Waals surface area contributed by atoms with Gasteiger partial charge in [0, 0.05) is 3.57 Å². The van der Waals surface area contributed by atoms with E-state index in [1.54, 1.807) is 30.3 Å². The molecule has 110 valence electrons. The van der Waals surface area contributed by atoms with Crippen LogP contribution in [0.1, 0.15) is 0 Å². The lowest BCUT2D eigenvalue weighted by atomic mass is 10.3. The van der Waals surface area contributed by atoms with Crippen LogP contribution in [0.15, 0.2) is 58.3 Å². The second kappa shape index (κ2) is 6.44. The Labute approximate surface area is 136 Å². The monoisotopic (exact) mass is 417 g/mol. The molecule has 2 aromatic carbocycles. The van der Waals surface area contributed by atoms with Gasteiger partial charge in [0.2, 0.25) is 9.84 Å². The second-order valence-electron chi connectivity index (χ2n) is 4.20. The minimum atomic E-state index is -3.70. The number of rotatable bonds is 5. The first kappa shape index (κ1) is 15.8. The molecule has 2 N–H and O–H groups in total. The summed E-state index contributed by atoms with van der Waals surface area (Å²) in [5.41, 5.74) is 0.279. The number of carbonyl (C=O) groups is 1. The number of halogens is 1. The zero-order valence-electron chi connectivity index (χ0n) is 10.8. The Morgan fingerprint density at radius 2 is 1.81 bits per heavy atom. The third kappa shape index (κ3) is 3.73. The summed E-state index contributed by atoms with van der Waals surface area (Å²) in [7, 11) is -3.70. The average Bonchev–Trinajstić information content (AvgIpc) is 2.46. The molecular weight excluding hydrogens is 405 g/mol. The lowest BCUT2D eigenvalue weighted by Crippen LogP contribution is -2.15. The molecule has 2 aromatic rings. The molecule has 0 aliphatic carbocycles. The van der Waals surface area contributed by atoms with Gasteiger partial charge in [0.15, 0.2) is 0 Å². The van der Waals surface area contributed by atoms with Crippen molar-refractivity contribution in [2.45, 2.75) is 9.79 Å². The minimum absolute atomic E-state index is 0.0712. The molecule has 0 spiro atoms. The van der Waals surface area contributed by atoms with E-state index in [0.29, 0.717) is 0 Å². The van der Waals surface area contributed by atoms with Crippen LogP contribution in [0.25, 0.3) is 0 Å². The summed E-state index contributed by atoms with van der Waals surface area (Å²) in [6, 6.07) is 12.8. The number of aliphatic carboxylic acids is 1. The highest BCUT2D eigenvalue weighted by atomic mass is 127. The molecule has 0 fully saturated rings. The summed E-state index contributed by atoms with van der Waals surface area (Å²) in [5, 5.41) is 11.4. The molecule has 0 unspecified atom stereocenters. The van der Waals surface area contributed by atoms with Crippen LogP contribution >= 0.6 is 22.6 Å². The predicted molar refractivity (Wildman–Crippen MR) is 87.2 cm³/mol. The number of anilines is 1. The normalized spacial score (nSPS) is 11.1. The van der Waals surface area contributed by atoms with Crippen molar-refractivity contribution in [1.82, 2.24) is 0 Å². The average molecular weight is 417 g/mol. The third-order valence-electron chi connectivity index (χ3n) is 2.72. The molecular formula is C14H12INO4S. The van der Waals surface area contributed by atoms with Crippen LogP contribution in [0.4, 0.5) is 5.69 Å². The molecule has 0 aromatic heterocycles. The van der Waals surface area contributed by atoms with Gasteiger partial charge in [-0.25, -0.2) is 8.42 Å². The van der Waals surface area contributed by atoms with Crippen LogP contribution in [0.5, 0.6) is 0 Å². The first-order valence-corrected chi connectivity index (χ1v) is 8.53. The highest BCUT2D eigenvalue weighted by Crippen LogP contribution is 2.29. The van der Waals surface area contributed by atoms with E-state index in [0.717, 1.165) is 3.57 Å². The van der Waals surface area contributed by atoms with Gasteiger partial charge in [-0.1, -0.05) is 18.2 Å². The molecule has 0 amide bonds. The van der Waals surface area contributed by atoms with E-state index >= 15 is 0 Å². The minimum Gasteiger partial charge on any atom is -0.480 e. The molecule has 0 bridgehead atoms. The van der Waals surface area contributed by atoms with E-state index < -0.39 is 15.8 Å². The summed E-state index contributed by atoms with van der Waals surface area (Å²) in [6.45, 7) is -0.349. The van der Waals surface area contributed by atoms with Crippen LogP contribution in [0.2, 0.25) is 0 Å². The smallest absolute Gasteiger partial charge is 0.322 e. The third-order valence-corrected chi connectivity index (χ3v) is 5.20.